The van der Waals surface area contributed by atoms with E-state index in [-0.39, 0.29) is 5.91 Å². The number of para-hydroxylation sites is 1. The van der Waals surface area contributed by atoms with Crippen LogP contribution < -0.4 is 10.6 Å². The molecule has 0 aliphatic carbocycles. The number of anilines is 1. The number of aliphatic hydroxyl groups is 1. The van der Waals surface area contributed by atoms with Gasteiger partial charge in [0.05, 0.1) is 0 Å². The quantitative estimate of drug-likeness (QED) is 0.658. The molecule has 0 saturated heterocycles. The molecule has 1 aliphatic heterocycles. The average molecular weight is 220 g/mol. The van der Waals surface area contributed by atoms with Crippen LogP contribution in [0.5, 0.6) is 0 Å². The Morgan fingerprint density at radius 2 is 2.19 bits per heavy atom. The van der Waals surface area contributed by atoms with Gasteiger partial charge in [0.15, 0.2) is 5.60 Å². The van der Waals surface area contributed by atoms with Crippen LogP contribution in [0.15, 0.2) is 24.3 Å². The highest BCUT2D eigenvalue weighted by Crippen LogP contribution is 2.38. The number of hydrogen-bond acceptors (Lipinski definition) is 3. The standard InChI is InChI=1S/C12H16N2O2/c1-13-8-4-7-12(16)9-5-2-3-6-10(9)14-11(12)15/h2-3,5-6,13,16H,4,7-8H2,1H3,(H,14,15)/t12-/m1/s1. The molecular formula is C12H16N2O2. The summed E-state index contributed by atoms with van der Waals surface area (Å²) in [6.07, 6.45) is 1.20. The minimum Gasteiger partial charge on any atom is -0.375 e. The van der Waals surface area contributed by atoms with E-state index < -0.39 is 5.60 Å². The van der Waals surface area contributed by atoms with Gasteiger partial charge in [0.2, 0.25) is 0 Å². The fourth-order valence-electron chi connectivity index (χ4n) is 2.07. The normalized spacial score (nSPS) is 23.0. The summed E-state index contributed by atoms with van der Waals surface area (Å²) < 4.78 is 0. The Hall–Kier alpha value is -1.39. The third-order valence-electron chi connectivity index (χ3n) is 2.96. The van der Waals surface area contributed by atoms with Gasteiger partial charge in [0, 0.05) is 11.3 Å². The van der Waals surface area contributed by atoms with Crippen molar-refractivity contribution in [2.24, 2.45) is 0 Å². The number of hydrogen-bond donors (Lipinski definition) is 3. The Kier molecular flexibility index (Phi) is 2.94. The van der Waals surface area contributed by atoms with Crippen molar-refractivity contribution in [3.05, 3.63) is 29.8 Å². The molecule has 4 nitrogen and oxygen atoms in total. The molecule has 0 unspecified atom stereocenters. The van der Waals surface area contributed by atoms with Crippen molar-refractivity contribution < 1.29 is 9.90 Å². The van der Waals surface area contributed by atoms with E-state index in [1.807, 2.05) is 25.2 Å². The maximum Gasteiger partial charge on any atom is 0.261 e. The van der Waals surface area contributed by atoms with Crippen LogP contribution >= 0.6 is 0 Å². The Morgan fingerprint density at radius 3 is 2.94 bits per heavy atom. The first-order valence-electron chi connectivity index (χ1n) is 5.46. The second kappa shape index (κ2) is 4.23. The van der Waals surface area contributed by atoms with E-state index in [2.05, 4.69) is 10.6 Å². The van der Waals surface area contributed by atoms with E-state index in [9.17, 15) is 9.90 Å². The number of fused-ring (bicyclic) bond motifs is 1. The molecule has 1 aromatic rings. The van der Waals surface area contributed by atoms with Gasteiger partial charge < -0.3 is 15.7 Å². The summed E-state index contributed by atoms with van der Waals surface area (Å²) in [5.74, 6) is -0.315. The topological polar surface area (TPSA) is 61.4 Å². The fraction of sp³-hybridized carbons (Fsp3) is 0.417. The lowest BCUT2D eigenvalue weighted by atomic mass is 9.90. The SMILES string of the molecule is CNCCC[C@]1(O)C(=O)Nc2ccccc21. The molecule has 1 amide bonds. The van der Waals surface area contributed by atoms with Crippen LogP contribution in [-0.4, -0.2) is 24.6 Å². The highest BCUT2D eigenvalue weighted by Gasteiger charge is 2.44. The molecule has 0 radical (unpaired) electrons. The monoisotopic (exact) mass is 220 g/mol. The van der Waals surface area contributed by atoms with E-state index in [1.165, 1.54) is 0 Å². The van der Waals surface area contributed by atoms with E-state index in [4.69, 9.17) is 0 Å². The van der Waals surface area contributed by atoms with Crippen LogP contribution in [0.4, 0.5) is 5.69 Å². The van der Waals surface area contributed by atoms with Crippen molar-refractivity contribution in [1.82, 2.24) is 5.32 Å². The third-order valence-corrected chi connectivity index (χ3v) is 2.96. The van der Waals surface area contributed by atoms with Gasteiger partial charge in [-0.3, -0.25) is 4.79 Å². The average Bonchev–Trinajstić information content (AvgIpc) is 2.53. The summed E-state index contributed by atoms with van der Waals surface area (Å²) in [5, 5.41) is 16.1. The second-order valence-corrected chi connectivity index (χ2v) is 4.07. The van der Waals surface area contributed by atoms with Crippen molar-refractivity contribution >= 4 is 11.6 Å². The number of carbonyl (C=O) groups excluding carboxylic acids is 1. The smallest absolute Gasteiger partial charge is 0.261 e. The van der Waals surface area contributed by atoms with Gasteiger partial charge in [-0.2, -0.15) is 0 Å². The van der Waals surface area contributed by atoms with E-state index in [0.29, 0.717) is 12.0 Å². The lowest BCUT2D eigenvalue weighted by Crippen LogP contribution is -2.34. The molecule has 0 bridgehead atoms. The number of nitrogens with one attached hydrogen (secondary N) is 2. The van der Waals surface area contributed by atoms with Crippen LogP contribution in [0, 0.1) is 0 Å². The highest BCUT2D eigenvalue weighted by molar-refractivity contribution is 6.04. The molecule has 0 saturated carbocycles. The summed E-state index contributed by atoms with van der Waals surface area (Å²) in [6.45, 7) is 0.789. The predicted octanol–water partition coefficient (Wildman–Crippen LogP) is 0.826. The van der Waals surface area contributed by atoms with E-state index in [0.717, 1.165) is 18.7 Å². The van der Waals surface area contributed by atoms with Crippen LogP contribution in [0.25, 0.3) is 0 Å². The Labute approximate surface area is 94.7 Å². The van der Waals surface area contributed by atoms with Gasteiger partial charge in [-0.25, -0.2) is 0 Å². The molecular weight excluding hydrogens is 204 g/mol. The zero-order valence-electron chi connectivity index (χ0n) is 9.29. The second-order valence-electron chi connectivity index (χ2n) is 4.07. The van der Waals surface area contributed by atoms with Crippen molar-refractivity contribution in [3.8, 4) is 0 Å². The number of benzene rings is 1. The largest absolute Gasteiger partial charge is 0.375 e. The van der Waals surface area contributed by atoms with Gasteiger partial charge in [0.25, 0.3) is 5.91 Å². The van der Waals surface area contributed by atoms with E-state index in [1.54, 1.807) is 6.07 Å². The van der Waals surface area contributed by atoms with Crippen LogP contribution in [-0.2, 0) is 10.4 Å². The lowest BCUT2D eigenvalue weighted by Gasteiger charge is -2.20. The van der Waals surface area contributed by atoms with Gasteiger partial charge in [-0.1, -0.05) is 18.2 Å². The highest BCUT2D eigenvalue weighted by atomic mass is 16.3. The molecule has 2 rings (SSSR count). The Morgan fingerprint density at radius 1 is 1.44 bits per heavy atom. The van der Waals surface area contributed by atoms with Crippen LogP contribution in [0.1, 0.15) is 18.4 Å². The Bertz CT molecular complexity index is 406. The maximum absolute atomic E-state index is 11.8. The molecule has 0 fully saturated rings. The van der Waals surface area contributed by atoms with Gasteiger partial charge >= 0.3 is 0 Å². The number of rotatable bonds is 4. The van der Waals surface area contributed by atoms with Crippen molar-refractivity contribution in [3.63, 3.8) is 0 Å². The zero-order chi connectivity index (χ0) is 11.6. The molecule has 0 spiro atoms. The zero-order valence-corrected chi connectivity index (χ0v) is 9.29. The summed E-state index contributed by atoms with van der Waals surface area (Å²) >= 11 is 0. The van der Waals surface area contributed by atoms with Gasteiger partial charge in [-0.05, 0) is 32.5 Å². The molecule has 3 N–H and O–H groups in total. The fourth-order valence-corrected chi connectivity index (χ4v) is 2.07. The van der Waals surface area contributed by atoms with Crippen molar-refractivity contribution in [1.29, 1.82) is 0 Å². The molecule has 86 valence electrons. The van der Waals surface area contributed by atoms with Crippen LogP contribution in [0.2, 0.25) is 0 Å². The summed E-state index contributed by atoms with van der Waals surface area (Å²) in [7, 11) is 1.85. The van der Waals surface area contributed by atoms with Gasteiger partial charge in [0.1, 0.15) is 0 Å². The Balaban J connectivity index is 2.23. The van der Waals surface area contributed by atoms with Crippen molar-refractivity contribution in [2.75, 3.05) is 18.9 Å². The predicted molar refractivity (Wildman–Crippen MR) is 62.1 cm³/mol. The van der Waals surface area contributed by atoms with Crippen LogP contribution in [0.3, 0.4) is 0 Å². The molecule has 4 heteroatoms. The molecule has 16 heavy (non-hydrogen) atoms. The molecule has 1 aliphatic rings. The summed E-state index contributed by atoms with van der Waals surface area (Å²) in [6, 6.07) is 7.29. The molecule has 1 heterocycles. The number of carbonyl (C=O) groups is 1. The minimum absolute atomic E-state index is 0.315. The first-order chi connectivity index (χ1) is 7.68. The van der Waals surface area contributed by atoms with Gasteiger partial charge in [-0.15, -0.1) is 0 Å². The summed E-state index contributed by atoms with van der Waals surface area (Å²) in [4.78, 5) is 11.8. The lowest BCUT2D eigenvalue weighted by molar-refractivity contribution is -0.134. The minimum atomic E-state index is -1.35. The first kappa shape index (κ1) is 11.1. The molecule has 1 aromatic carbocycles. The third kappa shape index (κ3) is 1.70. The molecule has 1 atom stereocenters. The van der Waals surface area contributed by atoms with E-state index >= 15 is 0 Å². The number of amides is 1. The molecule has 0 aromatic heterocycles. The summed E-state index contributed by atoms with van der Waals surface area (Å²) in [5.41, 5.74) is 0.0588. The van der Waals surface area contributed by atoms with Crippen molar-refractivity contribution in [2.45, 2.75) is 18.4 Å². The first-order valence-corrected chi connectivity index (χ1v) is 5.46. The maximum atomic E-state index is 11.8.